The Hall–Kier alpha value is -0.390. The van der Waals surface area contributed by atoms with Gasteiger partial charge < -0.3 is 10.4 Å². The fourth-order valence-corrected chi connectivity index (χ4v) is 3.48. The molecule has 1 aromatic rings. The van der Waals surface area contributed by atoms with Gasteiger partial charge in [-0.3, -0.25) is 4.79 Å². The number of halogens is 1. The van der Waals surface area contributed by atoms with Crippen LogP contribution in [0.5, 0.6) is 0 Å². The van der Waals surface area contributed by atoms with E-state index in [0.29, 0.717) is 11.4 Å². The molecule has 1 aliphatic carbocycles. The Bertz CT molecular complexity index is 380. The third-order valence-electron chi connectivity index (χ3n) is 2.97. The van der Waals surface area contributed by atoms with Gasteiger partial charge in [0.05, 0.1) is 6.10 Å². The Kier molecular flexibility index (Phi) is 4.00. The first-order chi connectivity index (χ1) is 7.68. The lowest BCUT2D eigenvalue weighted by Gasteiger charge is -2.14. The average Bonchev–Trinajstić information content (AvgIpc) is 2.84. The molecule has 1 aromatic heterocycles. The van der Waals surface area contributed by atoms with Gasteiger partial charge in [-0.1, -0.05) is 6.42 Å². The fourth-order valence-electron chi connectivity index (χ4n) is 2.02. The molecule has 0 spiro atoms. The number of aliphatic hydroxyl groups excluding tert-OH is 1. The second-order valence-corrected chi connectivity index (χ2v) is 5.84. The smallest absolute Gasteiger partial charge is 0.262 e. The van der Waals surface area contributed by atoms with Crippen molar-refractivity contribution in [2.24, 2.45) is 5.92 Å². The molecule has 1 saturated carbocycles. The molecule has 3 nitrogen and oxygen atoms in total. The molecule has 2 unspecified atom stereocenters. The highest BCUT2D eigenvalue weighted by Crippen LogP contribution is 2.25. The molecule has 0 saturated heterocycles. The van der Waals surface area contributed by atoms with Crippen LogP contribution in [0.25, 0.3) is 0 Å². The van der Waals surface area contributed by atoms with Crippen molar-refractivity contribution in [3.8, 4) is 0 Å². The first-order valence-corrected chi connectivity index (χ1v) is 7.05. The Labute approximate surface area is 107 Å². The third kappa shape index (κ3) is 2.64. The summed E-state index contributed by atoms with van der Waals surface area (Å²) in [5.41, 5.74) is 0. The largest absolute Gasteiger partial charge is 0.393 e. The SMILES string of the molecule is O=C(NCC1CCCC1O)c1sccc1Br. The quantitative estimate of drug-likeness (QED) is 0.901. The second kappa shape index (κ2) is 5.29. The summed E-state index contributed by atoms with van der Waals surface area (Å²) in [5, 5.41) is 14.4. The highest BCUT2D eigenvalue weighted by atomic mass is 79.9. The molecule has 1 fully saturated rings. The highest BCUT2D eigenvalue weighted by Gasteiger charge is 2.25. The lowest BCUT2D eigenvalue weighted by atomic mass is 10.1. The summed E-state index contributed by atoms with van der Waals surface area (Å²) in [6.07, 6.45) is 2.69. The number of amides is 1. The van der Waals surface area contributed by atoms with Crippen LogP contribution in [0.1, 0.15) is 28.9 Å². The van der Waals surface area contributed by atoms with E-state index >= 15 is 0 Å². The van der Waals surface area contributed by atoms with Crippen molar-refractivity contribution in [2.75, 3.05) is 6.54 Å². The maximum Gasteiger partial charge on any atom is 0.262 e. The lowest BCUT2D eigenvalue weighted by Crippen LogP contribution is -2.32. The maximum absolute atomic E-state index is 11.8. The van der Waals surface area contributed by atoms with E-state index < -0.39 is 0 Å². The Morgan fingerprint density at radius 1 is 1.62 bits per heavy atom. The van der Waals surface area contributed by atoms with Crippen LogP contribution in [0.4, 0.5) is 0 Å². The number of nitrogens with one attached hydrogen (secondary N) is 1. The van der Waals surface area contributed by atoms with Crippen molar-refractivity contribution >= 4 is 33.2 Å². The number of rotatable bonds is 3. The van der Waals surface area contributed by atoms with Crippen molar-refractivity contribution in [1.29, 1.82) is 0 Å². The summed E-state index contributed by atoms with van der Waals surface area (Å²) in [5.74, 6) is 0.170. The zero-order chi connectivity index (χ0) is 11.5. The molecule has 16 heavy (non-hydrogen) atoms. The van der Waals surface area contributed by atoms with E-state index in [0.717, 1.165) is 23.7 Å². The summed E-state index contributed by atoms with van der Waals surface area (Å²) in [4.78, 5) is 12.5. The van der Waals surface area contributed by atoms with Gasteiger partial charge in [0, 0.05) is 16.9 Å². The Morgan fingerprint density at radius 2 is 2.44 bits per heavy atom. The predicted molar refractivity (Wildman–Crippen MR) is 67.7 cm³/mol. The predicted octanol–water partition coefficient (Wildman–Crippen LogP) is 2.40. The van der Waals surface area contributed by atoms with E-state index in [1.807, 2.05) is 11.4 Å². The van der Waals surface area contributed by atoms with E-state index in [1.54, 1.807) is 0 Å². The lowest BCUT2D eigenvalue weighted by molar-refractivity contribution is 0.0920. The molecule has 88 valence electrons. The minimum absolute atomic E-state index is 0.0547. The van der Waals surface area contributed by atoms with Crippen LogP contribution in [0.3, 0.4) is 0 Å². The third-order valence-corrected chi connectivity index (χ3v) is 4.80. The van der Waals surface area contributed by atoms with E-state index in [1.165, 1.54) is 11.3 Å². The molecule has 1 aliphatic rings. The maximum atomic E-state index is 11.8. The van der Waals surface area contributed by atoms with Gasteiger partial charge in [-0.25, -0.2) is 0 Å². The van der Waals surface area contributed by atoms with Gasteiger partial charge in [0.1, 0.15) is 4.88 Å². The highest BCUT2D eigenvalue weighted by molar-refractivity contribution is 9.10. The van der Waals surface area contributed by atoms with E-state index in [4.69, 9.17) is 0 Å². The Balaban J connectivity index is 1.86. The van der Waals surface area contributed by atoms with Gasteiger partial charge >= 0.3 is 0 Å². The number of aliphatic hydroxyl groups is 1. The normalized spacial score (nSPS) is 24.6. The van der Waals surface area contributed by atoms with Crippen molar-refractivity contribution < 1.29 is 9.90 Å². The number of carbonyl (C=O) groups excluding carboxylic acids is 1. The molecule has 1 amide bonds. The van der Waals surface area contributed by atoms with Crippen molar-refractivity contribution in [2.45, 2.75) is 25.4 Å². The molecule has 2 rings (SSSR count). The van der Waals surface area contributed by atoms with Gasteiger partial charge in [-0.15, -0.1) is 11.3 Å². The summed E-state index contributed by atoms with van der Waals surface area (Å²) in [6, 6.07) is 1.87. The molecule has 0 radical (unpaired) electrons. The first-order valence-electron chi connectivity index (χ1n) is 5.37. The van der Waals surface area contributed by atoms with Crippen LogP contribution in [-0.2, 0) is 0 Å². The van der Waals surface area contributed by atoms with Gasteiger partial charge in [0.15, 0.2) is 0 Å². The fraction of sp³-hybridized carbons (Fsp3) is 0.545. The molecule has 2 N–H and O–H groups in total. The zero-order valence-corrected chi connectivity index (χ0v) is 11.2. The van der Waals surface area contributed by atoms with Crippen molar-refractivity contribution in [3.05, 3.63) is 20.8 Å². The monoisotopic (exact) mass is 303 g/mol. The number of thiophene rings is 1. The number of hydrogen-bond donors (Lipinski definition) is 2. The van der Waals surface area contributed by atoms with Crippen LogP contribution in [0.2, 0.25) is 0 Å². The summed E-state index contributed by atoms with van der Waals surface area (Å²) >= 11 is 4.75. The zero-order valence-electron chi connectivity index (χ0n) is 8.78. The van der Waals surface area contributed by atoms with Gasteiger partial charge in [0.2, 0.25) is 0 Å². The van der Waals surface area contributed by atoms with Crippen LogP contribution in [0, 0.1) is 5.92 Å². The van der Waals surface area contributed by atoms with E-state index in [9.17, 15) is 9.90 Å². The molecule has 0 aliphatic heterocycles. The van der Waals surface area contributed by atoms with Crippen LogP contribution in [0.15, 0.2) is 15.9 Å². The van der Waals surface area contributed by atoms with E-state index in [-0.39, 0.29) is 17.9 Å². The molecule has 0 aromatic carbocycles. The molecular formula is C11H14BrNO2S. The molecule has 5 heteroatoms. The standard InChI is InChI=1S/C11H14BrNO2S/c12-8-4-5-16-10(8)11(15)13-6-7-2-1-3-9(7)14/h4-5,7,9,14H,1-3,6H2,(H,13,15). The van der Waals surface area contributed by atoms with Crippen molar-refractivity contribution in [3.63, 3.8) is 0 Å². The van der Waals surface area contributed by atoms with Crippen molar-refractivity contribution in [1.82, 2.24) is 5.32 Å². The molecule has 0 bridgehead atoms. The van der Waals surface area contributed by atoms with Crippen LogP contribution >= 0.6 is 27.3 Å². The number of carbonyl (C=O) groups is 1. The minimum atomic E-state index is -0.243. The average molecular weight is 304 g/mol. The van der Waals surface area contributed by atoms with Crippen LogP contribution in [-0.4, -0.2) is 23.7 Å². The second-order valence-electron chi connectivity index (χ2n) is 4.07. The van der Waals surface area contributed by atoms with Gasteiger partial charge in [-0.05, 0) is 40.2 Å². The molecule has 2 atom stereocenters. The van der Waals surface area contributed by atoms with Gasteiger partial charge in [-0.2, -0.15) is 0 Å². The molecular weight excluding hydrogens is 290 g/mol. The first kappa shape index (κ1) is 12.1. The minimum Gasteiger partial charge on any atom is -0.393 e. The van der Waals surface area contributed by atoms with E-state index in [2.05, 4.69) is 21.2 Å². The van der Waals surface area contributed by atoms with Crippen LogP contribution < -0.4 is 5.32 Å². The topological polar surface area (TPSA) is 49.3 Å². The van der Waals surface area contributed by atoms with Gasteiger partial charge in [0.25, 0.3) is 5.91 Å². The summed E-state index contributed by atoms with van der Waals surface area (Å²) < 4.78 is 0.835. The number of hydrogen-bond acceptors (Lipinski definition) is 3. The molecule has 1 heterocycles. The Morgan fingerprint density at radius 3 is 3.00 bits per heavy atom. The summed E-state index contributed by atoms with van der Waals surface area (Å²) in [7, 11) is 0. The summed E-state index contributed by atoms with van der Waals surface area (Å²) in [6.45, 7) is 0.574.